The van der Waals surface area contributed by atoms with E-state index < -0.39 is 0 Å². The van der Waals surface area contributed by atoms with Crippen LogP contribution in [0.2, 0.25) is 5.02 Å². The maximum absolute atomic E-state index is 12.0. The van der Waals surface area contributed by atoms with Crippen LogP contribution in [0.15, 0.2) is 18.3 Å². The summed E-state index contributed by atoms with van der Waals surface area (Å²) >= 11 is 5.94. The molecule has 1 aromatic rings. The number of rotatable bonds is 2. The molecule has 2 unspecified atom stereocenters. The van der Waals surface area contributed by atoms with Crippen molar-refractivity contribution in [2.24, 2.45) is 11.7 Å². The molecule has 1 aliphatic rings. The van der Waals surface area contributed by atoms with Crippen LogP contribution in [0.1, 0.15) is 25.7 Å². The maximum Gasteiger partial charge on any atom is 0.230 e. The molecule has 0 bridgehead atoms. The van der Waals surface area contributed by atoms with Crippen LogP contribution >= 0.6 is 11.6 Å². The average molecular weight is 254 g/mol. The molecule has 1 aromatic heterocycles. The molecule has 17 heavy (non-hydrogen) atoms. The lowest BCUT2D eigenvalue weighted by Crippen LogP contribution is -2.40. The van der Waals surface area contributed by atoms with Gasteiger partial charge in [-0.05, 0) is 25.0 Å². The van der Waals surface area contributed by atoms with E-state index in [1.54, 1.807) is 18.3 Å². The Morgan fingerprint density at radius 1 is 1.47 bits per heavy atom. The van der Waals surface area contributed by atoms with Crippen LogP contribution in [-0.2, 0) is 4.79 Å². The molecule has 1 aliphatic carbocycles. The van der Waals surface area contributed by atoms with Gasteiger partial charge in [0, 0.05) is 12.2 Å². The van der Waals surface area contributed by atoms with Crippen LogP contribution in [-0.4, -0.2) is 16.9 Å². The van der Waals surface area contributed by atoms with E-state index in [1.807, 2.05) is 0 Å². The van der Waals surface area contributed by atoms with Crippen molar-refractivity contribution in [2.45, 2.75) is 31.7 Å². The van der Waals surface area contributed by atoms with Crippen molar-refractivity contribution in [1.29, 1.82) is 0 Å². The van der Waals surface area contributed by atoms with Gasteiger partial charge in [0.05, 0.1) is 10.9 Å². The number of nitrogens with zero attached hydrogens (tertiary/aromatic N) is 1. The van der Waals surface area contributed by atoms with Gasteiger partial charge in [-0.1, -0.05) is 24.4 Å². The van der Waals surface area contributed by atoms with E-state index in [0.29, 0.717) is 10.8 Å². The summed E-state index contributed by atoms with van der Waals surface area (Å²) in [6.45, 7) is 0. The van der Waals surface area contributed by atoms with Gasteiger partial charge in [0.25, 0.3) is 0 Å². The summed E-state index contributed by atoms with van der Waals surface area (Å²) in [5.74, 6) is 0.219. The van der Waals surface area contributed by atoms with Crippen LogP contribution in [0.25, 0.3) is 0 Å². The Morgan fingerprint density at radius 3 is 2.94 bits per heavy atom. The Bertz CT molecular complexity index is 410. The Morgan fingerprint density at radius 2 is 2.24 bits per heavy atom. The molecule has 0 spiro atoms. The highest BCUT2D eigenvalue weighted by atomic mass is 35.5. The number of nitrogens with two attached hydrogens (primary N) is 1. The van der Waals surface area contributed by atoms with E-state index in [-0.39, 0.29) is 17.9 Å². The number of anilines is 1. The van der Waals surface area contributed by atoms with Crippen molar-refractivity contribution in [3.63, 3.8) is 0 Å². The van der Waals surface area contributed by atoms with Gasteiger partial charge in [-0.25, -0.2) is 4.98 Å². The normalized spacial score (nSPS) is 24.4. The molecule has 1 heterocycles. The number of carbonyl (C=O) groups excluding carboxylic acids is 1. The van der Waals surface area contributed by atoms with E-state index in [2.05, 4.69) is 10.3 Å². The van der Waals surface area contributed by atoms with Gasteiger partial charge in [-0.15, -0.1) is 0 Å². The number of hydrogen-bond donors (Lipinski definition) is 2. The Balaban J connectivity index is 2.03. The second-order valence-corrected chi connectivity index (χ2v) is 4.79. The standard InChI is InChI=1S/C12H16ClN3O/c13-9-5-3-7-15-11(9)16-12(17)8-4-1-2-6-10(8)14/h3,5,7-8,10H,1-2,4,6,14H2,(H,15,16,17). The smallest absolute Gasteiger partial charge is 0.230 e. The zero-order chi connectivity index (χ0) is 12.3. The Kier molecular flexibility index (Phi) is 3.97. The molecule has 1 amide bonds. The van der Waals surface area contributed by atoms with E-state index >= 15 is 0 Å². The average Bonchev–Trinajstić information content (AvgIpc) is 2.32. The van der Waals surface area contributed by atoms with Gasteiger partial charge >= 0.3 is 0 Å². The van der Waals surface area contributed by atoms with E-state index in [0.717, 1.165) is 25.7 Å². The molecule has 0 saturated heterocycles. The molecule has 0 aliphatic heterocycles. The number of hydrogen-bond acceptors (Lipinski definition) is 3. The SMILES string of the molecule is NC1CCCCC1C(=O)Nc1ncccc1Cl. The fraction of sp³-hybridized carbons (Fsp3) is 0.500. The predicted octanol–water partition coefficient (Wildman–Crippen LogP) is 2.19. The van der Waals surface area contributed by atoms with Gasteiger partial charge in [-0.3, -0.25) is 4.79 Å². The first kappa shape index (κ1) is 12.3. The molecule has 0 radical (unpaired) electrons. The third-order valence-corrected chi connectivity index (χ3v) is 3.46. The highest BCUT2D eigenvalue weighted by Crippen LogP contribution is 2.25. The zero-order valence-corrected chi connectivity index (χ0v) is 10.3. The lowest BCUT2D eigenvalue weighted by molar-refractivity contribution is -0.121. The first-order valence-corrected chi connectivity index (χ1v) is 6.23. The second kappa shape index (κ2) is 5.47. The first-order valence-electron chi connectivity index (χ1n) is 5.85. The molecule has 3 N–H and O–H groups in total. The molecular formula is C12H16ClN3O. The summed E-state index contributed by atoms with van der Waals surface area (Å²) in [6, 6.07) is 3.38. The van der Waals surface area contributed by atoms with Crippen LogP contribution in [0.4, 0.5) is 5.82 Å². The Labute approximate surface area is 106 Å². The van der Waals surface area contributed by atoms with Gasteiger partial charge in [0.1, 0.15) is 0 Å². The third-order valence-electron chi connectivity index (χ3n) is 3.16. The number of halogens is 1. The first-order chi connectivity index (χ1) is 8.18. The molecular weight excluding hydrogens is 238 g/mol. The number of pyridine rings is 1. The maximum atomic E-state index is 12.0. The van der Waals surface area contributed by atoms with Crippen LogP contribution in [0.5, 0.6) is 0 Å². The summed E-state index contributed by atoms with van der Waals surface area (Å²) in [7, 11) is 0. The second-order valence-electron chi connectivity index (χ2n) is 4.38. The quantitative estimate of drug-likeness (QED) is 0.849. The summed E-state index contributed by atoms with van der Waals surface area (Å²) in [5.41, 5.74) is 5.96. The van der Waals surface area contributed by atoms with Crippen molar-refractivity contribution < 1.29 is 4.79 Å². The zero-order valence-electron chi connectivity index (χ0n) is 9.53. The molecule has 0 aromatic carbocycles. The summed E-state index contributed by atoms with van der Waals surface area (Å²) in [5, 5.41) is 3.20. The fourth-order valence-electron chi connectivity index (χ4n) is 2.17. The highest BCUT2D eigenvalue weighted by Gasteiger charge is 2.28. The Hall–Kier alpha value is -1.13. The summed E-state index contributed by atoms with van der Waals surface area (Å²) in [4.78, 5) is 16.1. The van der Waals surface area contributed by atoms with Crippen LogP contribution in [0.3, 0.4) is 0 Å². The van der Waals surface area contributed by atoms with Gasteiger partial charge < -0.3 is 11.1 Å². The number of carbonyl (C=O) groups is 1. The molecule has 5 heteroatoms. The van der Waals surface area contributed by atoms with Crippen molar-refractivity contribution in [3.05, 3.63) is 23.4 Å². The number of amides is 1. The van der Waals surface area contributed by atoms with Crippen LogP contribution in [0, 0.1) is 5.92 Å². The molecule has 1 saturated carbocycles. The largest absolute Gasteiger partial charge is 0.327 e. The summed E-state index contributed by atoms with van der Waals surface area (Å²) < 4.78 is 0. The highest BCUT2D eigenvalue weighted by molar-refractivity contribution is 6.33. The minimum absolute atomic E-state index is 0.0498. The lowest BCUT2D eigenvalue weighted by atomic mass is 9.84. The van der Waals surface area contributed by atoms with E-state index in [9.17, 15) is 4.79 Å². The summed E-state index contributed by atoms with van der Waals surface area (Å²) in [6.07, 6.45) is 5.52. The van der Waals surface area contributed by atoms with Crippen molar-refractivity contribution in [1.82, 2.24) is 4.98 Å². The minimum Gasteiger partial charge on any atom is -0.327 e. The fourth-order valence-corrected chi connectivity index (χ4v) is 2.34. The topological polar surface area (TPSA) is 68.0 Å². The molecule has 2 atom stereocenters. The predicted molar refractivity (Wildman–Crippen MR) is 67.8 cm³/mol. The van der Waals surface area contributed by atoms with Gasteiger partial charge in [-0.2, -0.15) is 0 Å². The van der Waals surface area contributed by atoms with Crippen LogP contribution < -0.4 is 11.1 Å². The molecule has 1 fully saturated rings. The molecule has 4 nitrogen and oxygen atoms in total. The van der Waals surface area contributed by atoms with Crippen molar-refractivity contribution in [3.8, 4) is 0 Å². The van der Waals surface area contributed by atoms with Crippen molar-refractivity contribution in [2.75, 3.05) is 5.32 Å². The molecule has 92 valence electrons. The lowest BCUT2D eigenvalue weighted by Gasteiger charge is -2.27. The monoisotopic (exact) mass is 253 g/mol. The minimum atomic E-state index is -0.123. The number of nitrogens with one attached hydrogen (secondary N) is 1. The molecule has 2 rings (SSSR count). The third kappa shape index (κ3) is 2.96. The van der Waals surface area contributed by atoms with Gasteiger partial charge in [0.15, 0.2) is 5.82 Å². The van der Waals surface area contributed by atoms with E-state index in [4.69, 9.17) is 17.3 Å². The van der Waals surface area contributed by atoms with E-state index in [1.165, 1.54) is 0 Å². The van der Waals surface area contributed by atoms with Crippen molar-refractivity contribution >= 4 is 23.3 Å². The number of aromatic nitrogens is 1. The van der Waals surface area contributed by atoms with Gasteiger partial charge in [0.2, 0.25) is 5.91 Å².